The van der Waals surface area contributed by atoms with E-state index in [2.05, 4.69) is 20.8 Å². The van der Waals surface area contributed by atoms with Crippen molar-refractivity contribution in [3.8, 4) is 5.75 Å². The number of halogens is 1. The molecule has 10 heteroatoms. The minimum Gasteiger partial charge on any atom is -0.495 e. The van der Waals surface area contributed by atoms with Crippen molar-refractivity contribution in [3.63, 3.8) is 0 Å². The van der Waals surface area contributed by atoms with Gasteiger partial charge in [0, 0.05) is 17.1 Å². The Morgan fingerprint density at radius 2 is 1.91 bits per heavy atom. The lowest BCUT2D eigenvalue weighted by Crippen LogP contribution is -2.28. The van der Waals surface area contributed by atoms with Gasteiger partial charge in [0.15, 0.2) is 11.0 Å². The van der Waals surface area contributed by atoms with Crippen LogP contribution in [-0.2, 0) is 11.3 Å². The van der Waals surface area contributed by atoms with E-state index in [0.717, 1.165) is 5.56 Å². The molecule has 8 nitrogen and oxygen atoms in total. The van der Waals surface area contributed by atoms with Crippen molar-refractivity contribution in [3.05, 3.63) is 64.4 Å². The third-order valence-electron chi connectivity index (χ3n) is 4.86. The molecule has 174 valence electrons. The summed E-state index contributed by atoms with van der Waals surface area (Å²) in [5.74, 6) is 0.956. The van der Waals surface area contributed by atoms with Gasteiger partial charge < -0.3 is 19.9 Å². The summed E-state index contributed by atoms with van der Waals surface area (Å²) in [5, 5.41) is 15.5. The third kappa shape index (κ3) is 6.27. The van der Waals surface area contributed by atoms with E-state index in [1.54, 1.807) is 31.4 Å². The number of benzene rings is 2. The number of nitrogens with one attached hydrogen (secondary N) is 2. The molecule has 0 radical (unpaired) electrons. The minimum atomic E-state index is -0.375. The Hall–Kier alpha value is -3.04. The van der Waals surface area contributed by atoms with Crippen molar-refractivity contribution in [2.24, 2.45) is 0 Å². The summed E-state index contributed by atoms with van der Waals surface area (Å²) in [6, 6.07) is 11.9. The Morgan fingerprint density at radius 3 is 2.58 bits per heavy atom. The van der Waals surface area contributed by atoms with Crippen LogP contribution in [0.5, 0.6) is 5.75 Å². The summed E-state index contributed by atoms with van der Waals surface area (Å²) in [5.41, 5.74) is 2.15. The predicted molar refractivity (Wildman–Crippen MR) is 130 cm³/mol. The van der Waals surface area contributed by atoms with E-state index in [1.807, 2.05) is 43.5 Å². The van der Waals surface area contributed by atoms with Crippen LogP contribution in [0.2, 0.25) is 5.02 Å². The van der Waals surface area contributed by atoms with Crippen LogP contribution < -0.4 is 15.4 Å². The Morgan fingerprint density at radius 1 is 1.18 bits per heavy atom. The average Bonchev–Trinajstić information content (AvgIpc) is 3.21. The predicted octanol–water partition coefficient (Wildman–Crippen LogP) is 4.49. The first-order valence-corrected chi connectivity index (χ1v) is 11.8. The Balaban J connectivity index is 1.64. The van der Waals surface area contributed by atoms with Crippen LogP contribution in [0.25, 0.3) is 0 Å². The van der Waals surface area contributed by atoms with Crippen molar-refractivity contribution in [2.45, 2.75) is 38.5 Å². The summed E-state index contributed by atoms with van der Waals surface area (Å²) in [4.78, 5) is 25.1. The van der Waals surface area contributed by atoms with Crippen LogP contribution in [0.1, 0.15) is 41.6 Å². The SMILES string of the molecule is CCn1c(SCC(=O)Nc2cc(C)ccc2OC)nnc1C(C)NC(=O)c1ccc(Cl)cc1. The minimum absolute atomic E-state index is 0.154. The number of ether oxygens (including phenoxy) is 1. The van der Waals surface area contributed by atoms with Gasteiger partial charge in [0.2, 0.25) is 5.91 Å². The van der Waals surface area contributed by atoms with E-state index in [0.29, 0.717) is 39.5 Å². The second-order valence-electron chi connectivity index (χ2n) is 7.33. The molecule has 0 aliphatic rings. The summed E-state index contributed by atoms with van der Waals surface area (Å²) < 4.78 is 7.20. The van der Waals surface area contributed by atoms with Crippen LogP contribution in [0, 0.1) is 6.92 Å². The number of methoxy groups -OCH3 is 1. The molecule has 1 aromatic heterocycles. The molecule has 0 spiro atoms. The first-order chi connectivity index (χ1) is 15.8. The summed E-state index contributed by atoms with van der Waals surface area (Å²) in [6.07, 6.45) is 0. The highest BCUT2D eigenvalue weighted by Gasteiger charge is 2.20. The fourth-order valence-corrected chi connectivity index (χ4v) is 4.14. The molecule has 0 aliphatic heterocycles. The number of hydrogen-bond donors (Lipinski definition) is 2. The smallest absolute Gasteiger partial charge is 0.251 e. The number of nitrogens with zero attached hydrogens (tertiary/aromatic N) is 3. The van der Waals surface area contributed by atoms with E-state index in [4.69, 9.17) is 16.3 Å². The number of thioether (sulfide) groups is 1. The summed E-state index contributed by atoms with van der Waals surface area (Å²) in [7, 11) is 1.56. The Kier molecular flexibility index (Phi) is 8.35. The van der Waals surface area contributed by atoms with Gasteiger partial charge in [0.1, 0.15) is 5.75 Å². The lowest BCUT2D eigenvalue weighted by atomic mass is 10.2. The van der Waals surface area contributed by atoms with Gasteiger partial charge in [-0.1, -0.05) is 29.4 Å². The number of anilines is 1. The van der Waals surface area contributed by atoms with E-state index in [9.17, 15) is 9.59 Å². The summed E-state index contributed by atoms with van der Waals surface area (Å²) in [6.45, 7) is 6.35. The lowest BCUT2D eigenvalue weighted by molar-refractivity contribution is -0.113. The fraction of sp³-hybridized carbons (Fsp3) is 0.304. The van der Waals surface area contributed by atoms with Crippen LogP contribution in [-0.4, -0.2) is 39.4 Å². The molecule has 0 bridgehead atoms. The molecular weight excluding hydrogens is 462 g/mol. The highest BCUT2D eigenvalue weighted by Crippen LogP contribution is 2.26. The number of amides is 2. The zero-order chi connectivity index (χ0) is 24.0. The zero-order valence-electron chi connectivity index (χ0n) is 18.9. The molecule has 0 saturated heterocycles. The van der Waals surface area contributed by atoms with E-state index in [1.165, 1.54) is 11.8 Å². The first kappa shape index (κ1) is 24.6. The topological polar surface area (TPSA) is 98.1 Å². The van der Waals surface area contributed by atoms with Gasteiger partial charge in [-0.05, 0) is 62.7 Å². The number of aryl methyl sites for hydroxylation is 1. The van der Waals surface area contributed by atoms with E-state index < -0.39 is 0 Å². The monoisotopic (exact) mass is 487 g/mol. The van der Waals surface area contributed by atoms with Crippen LogP contribution in [0.4, 0.5) is 5.69 Å². The molecule has 2 amide bonds. The van der Waals surface area contributed by atoms with Gasteiger partial charge in [-0.3, -0.25) is 9.59 Å². The average molecular weight is 488 g/mol. The number of rotatable bonds is 9. The summed E-state index contributed by atoms with van der Waals surface area (Å²) >= 11 is 7.17. The van der Waals surface area contributed by atoms with Crippen molar-refractivity contribution in [1.29, 1.82) is 0 Å². The fourth-order valence-electron chi connectivity index (χ4n) is 3.21. The van der Waals surface area contributed by atoms with E-state index >= 15 is 0 Å². The van der Waals surface area contributed by atoms with Gasteiger partial charge in [-0.25, -0.2) is 0 Å². The molecule has 33 heavy (non-hydrogen) atoms. The molecule has 3 aromatic rings. The molecule has 1 heterocycles. The molecular formula is C23H26ClN5O3S. The second-order valence-corrected chi connectivity index (χ2v) is 8.71. The quantitative estimate of drug-likeness (QED) is 0.431. The maximum absolute atomic E-state index is 12.5. The first-order valence-electron chi connectivity index (χ1n) is 10.4. The van der Waals surface area contributed by atoms with Crippen molar-refractivity contribution in [2.75, 3.05) is 18.2 Å². The molecule has 1 atom stereocenters. The van der Waals surface area contributed by atoms with Gasteiger partial charge >= 0.3 is 0 Å². The van der Waals surface area contributed by atoms with Crippen molar-refractivity contribution < 1.29 is 14.3 Å². The molecule has 1 unspecified atom stereocenters. The number of aromatic nitrogens is 3. The van der Waals surface area contributed by atoms with Crippen LogP contribution in [0.15, 0.2) is 47.6 Å². The molecule has 2 N–H and O–H groups in total. The van der Waals surface area contributed by atoms with Crippen LogP contribution >= 0.6 is 23.4 Å². The third-order valence-corrected chi connectivity index (χ3v) is 6.08. The largest absolute Gasteiger partial charge is 0.495 e. The van der Waals surface area contributed by atoms with Gasteiger partial charge in [-0.2, -0.15) is 0 Å². The standard InChI is InChI=1S/C23H26ClN5O3S/c1-5-29-21(15(3)25-22(31)16-7-9-17(24)10-8-16)27-28-23(29)33-13-20(30)26-18-12-14(2)6-11-19(18)32-4/h6-12,15H,5,13H2,1-4H3,(H,25,31)(H,26,30). The normalized spacial score (nSPS) is 11.7. The lowest BCUT2D eigenvalue weighted by Gasteiger charge is -2.15. The molecule has 0 fully saturated rings. The Labute approximate surface area is 202 Å². The second kappa shape index (κ2) is 11.2. The van der Waals surface area contributed by atoms with E-state index in [-0.39, 0.29) is 23.6 Å². The number of carbonyl (C=O) groups excluding carboxylic acids is 2. The number of hydrogen-bond acceptors (Lipinski definition) is 6. The van der Waals surface area contributed by atoms with Gasteiger partial charge in [0.25, 0.3) is 5.91 Å². The molecule has 0 saturated carbocycles. The highest BCUT2D eigenvalue weighted by molar-refractivity contribution is 7.99. The van der Waals surface area contributed by atoms with Gasteiger partial charge in [0.05, 0.1) is 24.6 Å². The number of carbonyl (C=O) groups is 2. The molecule has 0 aliphatic carbocycles. The molecule has 3 rings (SSSR count). The zero-order valence-corrected chi connectivity index (χ0v) is 20.5. The molecule has 2 aromatic carbocycles. The van der Waals surface area contributed by atoms with Crippen molar-refractivity contribution >= 4 is 40.9 Å². The maximum atomic E-state index is 12.5. The maximum Gasteiger partial charge on any atom is 0.251 e. The van der Waals surface area contributed by atoms with Gasteiger partial charge in [-0.15, -0.1) is 10.2 Å². The van der Waals surface area contributed by atoms with Crippen molar-refractivity contribution in [1.82, 2.24) is 20.1 Å². The Bertz CT molecular complexity index is 1130. The van der Waals surface area contributed by atoms with Crippen LogP contribution in [0.3, 0.4) is 0 Å². The highest BCUT2D eigenvalue weighted by atomic mass is 35.5.